The number of aromatic nitrogens is 4. The minimum absolute atomic E-state index is 0. The van der Waals surface area contributed by atoms with Crippen LogP contribution in [0.25, 0.3) is 108 Å². The zero-order valence-corrected chi connectivity index (χ0v) is 61.5. The van der Waals surface area contributed by atoms with E-state index in [1.807, 2.05) is 0 Å². The van der Waals surface area contributed by atoms with E-state index < -0.39 is 0 Å². The molecule has 4 aromatic heterocycles. The average molecular weight is 1410 g/mol. The van der Waals surface area contributed by atoms with E-state index in [0.29, 0.717) is 0 Å². The number of hydrogen-bond acceptors (Lipinski definition) is 0. The predicted octanol–water partition coefficient (Wildman–Crippen LogP) is 22.8. The van der Waals surface area contributed by atoms with Crippen molar-refractivity contribution in [1.82, 2.24) is 19.9 Å². The number of unbranched alkanes of at least 4 members (excludes halogenated alkanes) is 8. The maximum atomic E-state index is 6.12. The van der Waals surface area contributed by atoms with Crippen LogP contribution in [0.15, 0.2) is 267 Å². The van der Waals surface area contributed by atoms with Crippen LogP contribution in [0.4, 0.5) is 0 Å². The molecule has 16 aromatic rings. The number of rotatable bonds is 12. The predicted molar refractivity (Wildman–Crippen MR) is 431 cm³/mol. The van der Waals surface area contributed by atoms with Crippen LogP contribution in [0.3, 0.4) is 0 Å². The van der Waals surface area contributed by atoms with Crippen molar-refractivity contribution in [3.8, 4) is 0 Å². The minimum Gasteiger partial charge on any atom is -0.656 e. The van der Waals surface area contributed by atoms with E-state index in [1.54, 1.807) is 0 Å². The van der Waals surface area contributed by atoms with Crippen molar-refractivity contribution in [2.24, 2.45) is 0 Å². The van der Waals surface area contributed by atoms with Gasteiger partial charge in [0.15, 0.2) is 0 Å². The van der Waals surface area contributed by atoms with Gasteiger partial charge in [-0.3, -0.25) is 0 Å². The fourth-order valence-electron chi connectivity index (χ4n) is 14.4. The molecule has 0 aliphatic heterocycles. The fraction of sp³-hybridized carbons (Fsp3) is 0.208. The third-order valence-corrected chi connectivity index (χ3v) is 19.5. The first-order chi connectivity index (χ1) is 49.3. The van der Waals surface area contributed by atoms with Crippen LogP contribution in [0.2, 0.25) is 0 Å². The Morgan fingerprint density at radius 3 is 0.505 bits per heavy atom. The molecule has 0 amide bonds. The van der Waals surface area contributed by atoms with Gasteiger partial charge >= 0.3 is 0 Å². The van der Waals surface area contributed by atoms with E-state index in [4.69, 9.17) is 19.9 Å². The molecule has 17 rings (SSSR count). The van der Waals surface area contributed by atoms with Crippen LogP contribution in [0.1, 0.15) is 177 Å². The smallest absolute Gasteiger partial charge is 0 e. The van der Waals surface area contributed by atoms with Gasteiger partial charge in [-0.1, -0.05) is 351 Å². The van der Waals surface area contributed by atoms with Crippen LogP contribution in [-0.2, 0) is 20.4 Å². The van der Waals surface area contributed by atoms with Crippen LogP contribution < -0.4 is 41.3 Å². The Morgan fingerprint density at radius 1 is 0.188 bits per heavy atom. The second-order valence-corrected chi connectivity index (χ2v) is 26.6. The fourth-order valence-corrected chi connectivity index (χ4v) is 14.4. The molecule has 0 radical (unpaired) electrons. The summed E-state index contributed by atoms with van der Waals surface area (Å²) in [4.78, 5) is 24.5. The van der Waals surface area contributed by atoms with Gasteiger partial charge in [0.05, 0.1) is 0 Å². The number of nitrogens with zero attached hydrogens (tertiary/aromatic N) is 4. The van der Waals surface area contributed by atoms with Crippen molar-refractivity contribution in [1.29, 1.82) is 0 Å². The van der Waals surface area contributed by atoms with Crippen molar-refractivity contribution < 1.29 is 20.4 Å². The van der Waals surface area contributed by atoms with E-state index in [1.165, 1.54) is 77.0 Å². The summed E-state index contributed by atoms with van der Waals surface area (Å²) in [7, 11) is 0. The summed E-state index contributed by atoms with van der Waals surface area (Å²) in [5, 5.41) is 20.8. The van der Waals surface area contributed by atoms with Gasteiger partial charge < -0.3 is 19.9 Å². The third kappa shape index (κ3) is 14.7. The molecule has 4 heterocycles. The second kappa shape index (κ2) is 33.4. The van der Waals surface area contributed by atoms with Gasteiger partial charge in [-0.05, 0) is 179 Å². The molecule has 0 atom stereocenters. The second-order valence-electron chi connectivity index (χ2n) is 26.6. The summed E-state index contributed by atoms with van der Waals surface area (Å²) in [5.74, 6) is 0. The summed E-state index contributed by atoms with van der Waals surface area (Å²) in [6, 6.07) is 96.7. The number of fused-ring (bicyclic) bond motifs is 4. The molecule has 8 bridgehead atoms. The molecule has 4 nitrogen and oxygen atoms in total. The Labute approximate surface area is 610 Å². The molecule has 12 aromatic carbocycles. The van der Waals surface area contributed by atoms with Gasteiger partial charge in [0.1, 0.15) is 0 Å². The van der Waals surface area contributed by atoms with Crippen LogP contribution in [0, 0.1) is 0 Å². The first kappa shape index (κ1) is 70.8. The maximum Gasteiger partial charge on any atom is 0 e. The molecule has 0 unspecified atom stereocenters. The first-order valence-electron chi connectivity index (χ1n) is 37.0. The monoisotopic (exact) mass is 1410 g/mol. The molecule has 0 N–H and O–H groups in total. The molecule has 5 heteroatoms. The number of benzene rings is 12. The van der Waals surface area contributed by atoms with Gasteiger partial charge in [0.25, 0.3) is 0 Å². The average Bonchev–Trinajstić information content (AvgIpc) is 1.56. The Kier molecular flexibility index (Phi) is 23.4. The largest absolute Gasteiger partial charge is 0.656 e. The molecular weight excluding hydrogens is 1320 g/mol. The van der Waals surface area contributed by atoms with Crippen molar-refractivity contribution in [2.45, 2.75) is 132 Å². The molecule has 0 saturated carbocycles. The first-order valence-corrected chi connectivity index (χ1v) is 37.0. The zero-order valence-electron chi connectivity index (χ0n) is 60.0. The molecule has 0 fully saturated rings. The van der Waals surface area contributed by atoms with Crippen molar-refractivity contribution >= 4 is 108 Å². The molecule has 0 spiro atoms. The van der Waals surface area contributed by atoms with Crippen molar-refractivity contribution in [3.05, 3.63) is 333 Å². The number of hydrogen-bond donors (Lipinski definition) is 0. The topological polar surface area (TPSA) is 56.4 Å². The SMILES string of the molecule is CCCCC.CCCCC.CCCCC.CCCCC.[Pd].c1ccc(C2=c3[n-]c(c4cc5ccccc5cc34)=C(c3ccccc3)c3[n-]c(c4cc5ccccc5cc34)C(c3ccccc3)=c3[n-]c(c4cc5ccccc5cc34)=C(c3ccccc3)c3[n-]c2c2cc4ccccc4cc32)cc1. The molecule has 0 saturated heterocycles. The summed E-state index contributed by atoms with van der Waals surface area (Å²) in [6.45, 7) is 17.7. The van der Waals surface area contributed by atoms with E-state index in [0.717, 1.165) is 175 Å². The maximum absolute atomic E-state index is 6.12. The quantitative estimate of drug-likeness (QED) is 0.114. The Morgan fingerprint density at radius 2 is 0.347 bits per heavy atom. The van der Waals surface area contributed by atoms with Crippen molar-refractivity contribution in [2.75, 3.05) is 0 Å². The van der Waals surface area contributed by atoms with Gasteiger partial charge in [0, 0.05) is 20.4 Å². The minimum atomic E-state index is 0. The Bertz CT molecular complexity index is 5040. The normalized spacial score (nSPS) is 11.9. The summed E-state index contributed by atoms with van der Waals surface area (Å²) in [5.41, 5.74) is 11.3. The standard InChI is InChI=1S/C76H44N4.4C5H12.Pd/c1-5-21-45(22-6-1)65-69-57-37-49-29-13-15-31-51(49)39-59(57)71(77-69)66(46-23-7-2-8-24-46)73-61-41-53-33-17-19-35-55(53)43-63(61)75(79-73)68(48-27-11-4-12-28-48)76-64-44-56-36-20-18-34-54(56)42-62(64)74(80-76)67(47-25-9-3-10-26-47)72-60-40-52-32-16-14-30-50(52)38-58(60)70(65)78-72;4*1-3-5-4-2;/h1-44H;4*3-5H2,1-2H3;/q-4;;;;;. The van der Waals surface area contributed by atoms with E-state index in [9.17, 15) is 0 Å². The van der Waals surface area contributed by atoms with Crippen LogP contribution >= 0.6 is 0 Å². The summed E-state index contributed by atoms with van der Waals surface area (Å²) in [6.07, 6.45) is 16.3. The van der Waals surface area contributed by atoms with Crippen molar-refractivity contribution in [3.63, 3.8) is 0 Å². The van der Waals surface area contributed by atoms with Crippen LogP contribution in [-0.4, -0.2) is 0 Å². The van der Waals surface area contributed by atoms with Gasteiger partial charge in [0.2, 0.25) is 0 Å². The third-order valence-electron chi connectivity index (χ3n) is 19.5. The van der Waals surface area contributed by atoms with E-state index >= 15 is 0 Å². The summed E-state index contributed by atoms with van der Waals surface area (Å²) >= 11 is 0. The Balaban J connectivity index is 0.000000408. The van der Waals surface area contributed by atoms with E-state index in [-0.39, 0.29) is 20.4 Å². The van der Waals surface area contributed by atoms with Gasteiger partial charge in [-0.25, -0.2) is 0 Å². The molecule has 101 heavy (non-hydrogen) atoms. The summed E-state index contributed by atoms with van der Waals surface area (Å²) < 4.78 is 0. The molecular formula is C96H92N4Pd-4. The van der Waals surface area contributed by atoms with Crippen LogP contribution in [0.5, 0.6) is 0 Å². The Hall–Kier alpha value is -10.0. The molecule has 1 aliphatic rings. The van der Waals surface area contributed by atoms with Gasteiger partial charge in [-0.15, -0.1) is 44.2 Å². The zero-order chi connectivity index (χ0) is 68.9. The van der Waals surface area contributed by atoms with Gasteiger partial charge in [-0.2, -0.15) is 0 Å². The van der Waals surface area contributed by atoms with E-state index in [2.05, 4.69) is 322 Å². The molecule has 1 aliphatic carbocycles. The molecule has 510 valence electrons.